The molecule has 1 amide bonds. The minimum Gasteiger partial charge on any atom is -0.354 e. The van der Waals surface area contributed by atoms with Crippen molar-refractivity contribution in [1.82, 2.24) is 9.88 Å². The molecular formula is C11H14F4N2O2. The lowest BCUT2D eigenvalue weighted by Gasteiger charge is -2.24. The molecule has 0 spiro atoms. The first-order valence-electron chi connectivity index (χ1n) is 5.41. The third kappa shape index (κ3) is 3.25. The van der Waals surface area contributed by atoms with Gasteiger partial charge in [0.25, 0.3) is 5.91 Å². The number of hydrogen-bond donors (Lipinski definition) is 1. The van der Waals surface area contributed by atoms with Gasteiger partial charge in [-0.2, -0.15) is 17.6 Å². The molecule has 0 saturated carbocycles. The highest BCUT2D eigenvalue weighted by atomic mass is 19.4. The van der Waals surface area contributed by atoms with Crippen molar-refractivity contribution in [3.8, 4) is 0 Å². The van der Waals surface area contributed by atoms with Gasteiger partial charge in [-0.15, -0.1) is 0 Å². The molecule has 8 heteroatoms. The van der Waals surface area contributed by atoms with Gasteiger partial charge in [-0.3, -0.25) is 4.79 Å². The number of nitrogens with one attached hydrogen (secondary N) is 1. The Bertz CT molecular complexity index is 444. The molecule has 0 aliphatic heterocycles. The maximum absolute atomic E-state index is 13.4. The van der Waals surface area contributed by atoms with Crippen molar-refractivity contribution in [2.45, 2.75) is 18.5 Å². The van der Waals surface area contributed by atoms with E-state index in [0.29, 0.717) is 7.11 Å². The predicted molar refractivity (Wildman–Crippen MR) is 59.0 cm³/mol. The average molecular weight is 282 g/mol. The molecule has 0 saturated heterocycles. The zero-order valence-corrected chi connectivity index (χ0v) is 10.4. The number of hydrogen-bond acceptors (Lipinski definition) is 2. The summed E-state index contributed by atoms with van der Waals surface area (Å²) in [6, 6.07) is 3.50. The number of nitrogens with zero attached hydrogens (tertiary/aromatic N) is 1. The Morgan fingerprint density at radius 3 is 2.47 bits per heavy atom. The van der Waals surface area contributed by atoms with Crippen molar-refractivity contribution in [2.75, 3.05) is 13.7 Å². The van der Waals surface area contributed by atoms with E-state index in [9.17, 15) is 22.4 Å². The summed E-state index contributed by atoms with van der Waals surface area (Å²) in [6.45, 7) is -0.123. The van der Waals surface area contributed by atoms with Gasteiger partial charge in [-0.1, -0.05) is 0 Å². The van der Waals surface area contributed by atoms with Gasteiger partial charge in [0.1, 0.15) is 0 Å². The second-order valence-corrected chi connectivity index (χ2v) is 3.91. The molecule has 19 heavy (non-hydrogen) atoms. The summed E-state index contributed by atoms with van der Waals surface area (Å²) in [5, 5.41) is 1.87. The molecule has 0 aliphatic carbocycles. The number of halogens is 4. The highest BCUT2D eigenvalue weighted by molar-refractivity contribution is 5.84. The molecule has 1 atom stereocenters. The second-order valence-electron chi connectivity index (χ2n) is 3.91. The summed E-state index contributed by atoms with van der Waals surface area (Å²) in [5.41, 5.74) is 0.800. The first-order chi connectivity index (χ1) is 8.72. The van der Waals surface area contributed by atoms with E-state index in [1.807, 2.05) is 5.32 Å². The van der Waals surface area contributed by atoms with Gasteiger partial charge in [-0.25, -0.2) is 0 Å². The van der Waals surface area contributed by atoms with Crippen LogP contribution in [0, 0.1) is 0 Å². The van der Waals surface area contributed by atoms with E-state index in [0.717, 1.165) is 5.69 Å². The van der Waals surface area contributed by atoms with Crippen LogP contribution in [0.1, 0.15) is 5.69 Å². The van der Waals surface area contributed by atoms with Gasteiger partial charge < -0.3 is 14.6 Å². The number of amides is 1. The molecule has 1 heterocycles. The molecule has 0 radical (unpaired) electrons. The Hall–Kier alpha value is -1.57. The van der Waals surface area contributed by atoms with Crippen LogP contribution < -0.4 is 5.32 Å². The van der Waals surface area contributed by atoms with Gasteiger partial charge in [0.15, 0.2) is 0 Å². The number of aromatic nitrogens is 1. The zero-order chi connectivity index (χ0) is 14.7. The highest BCUT2D eigenvalue weighted by Gasteiger charge is 2.63. The monoisotopic (exact) mass is 282 g/mol. The Balaban J connectivity index is 2.58. The summed E-state index contributed by atoms with van der Waals surface area (Å²) in [4.78, 5) is 11.2. The molecule has 1 N–H and O–H groups in total. The molecule has 0 bridgehead atoms. The largest absolute Gasteiger partial charge is 0.458 e. The van der Waals surface area contributed by atoms with E-state index in [1.54, 1.807) is 29.9 Å². The lowest BCUT2D eigenvalue weighted by Crippen LogP contribution is -2.55. The smallest absolute Gasteiger partial charge is 0.354 e. The van der Waals surface area contributed by atoms with Crippen LogP contribution in [-0.2, 0) is 23.0 Å². The number of aryl methyl sites for hydroxylation is 1. The number of rotatable bonds is 5. The van der Waals surface area contributed by atoms with Gasteiger partial charge in [0, 0.05) is 39.0 Å². The fraction of sp³-hybridized carbons (Fsp3) is 0.545. The number of carbonyl (C=O) groups is 1. The maximum Gasteiger partial charge on any atom is 0.458 e. The van der Waals surface area contributed by atoms with E-state index in [1.165, 1.54) is 0 Å². The zero-order valence-electron chi connectivity index (χ0n) is 10.4. The molecule has 1 aromatic heterocycles. The maximum atomic E-state index is 13.4. The SMILES string of the molecule is COC(F)(C(=O)NCCc1cccn1C)C(F)(F)F. The normalized spacial score (nSPS) is 15.1. The lowest BCUT2D eigenvalue weighted by molar-refractivity contribution is -0.307. The average Bonchev–Trinajstić information content (AvgIpc) is 2.72. The van der Waals surface area contributed by atoms with Crippen LogP contribution in [0.3, 0.4) is 0 Å². The third-order valence-electron chi connectivity index (χ3n) is 2.66. The third-order valence-corrected chi connectivity index (χ3v) is 2.66. The predicted octanol–water partition coefficient (Wildman–Crippen LogP) is 1.56. The molecule has 1 rings (SSSR count). The van der Waals surface area contributed by atoms with Crippen molar-refractivity contribution < 1.29 is 27.1 Å². The minimum absolute atomic E-state index is 0.123. The highest BCUT2D eigenvalue weighted by Crippen LogP contribution is 2.34. The molecule has 1 aromatic rings. The van der Waals surface area contributed by atoms with Gasteiger partial charge >= 0.3 is 12.0 Å². The Morgan fingerprint density at radius 1 is 1.42 bits per heavy atom. The molecule has 0 aliphatic rings. The first-order valence-corrected chi connectivity index (χ1v) is 5.41. The van der Waals surface area contributed by atoms with Crippen LogP contribution in [0.15, 0.2) is 18.3 Å². The van der Waals surface area contributed by atoms with Gasteiger partial charge in [0.05, 0.1) is 0 Å². The van der Waals surface area contributed by atoms with Crippen molar-refractivity contribution in [1.29, 1.82) is 0 Å². The Morgan fingerprint density at radius 2 is 2.05 bits per heavy atom. The van der Waals surface area contributed by atoms with Crippen molar-refractivity contribution in [3.63, 3.8) is 0 Å². The van der Waals surface area contributed by atoms with Crippen molar-refractivity contribution >= 4 is 5.91 Å². The van der Waals surface area contributed by atoms with E-state index in [4.69, 9.17) is 0 Å². The molecule has 0 aromatic carbocycles. The second kappa shape index (κ2) is 5.60. The Labute approximate surface area is 107 Å². The fourth-order valence-corrected chi connectivity index (χ4v) is 1.51. The quantitative estimate of drug-likeness (QED) is 0.833. The molecule has 108 valence electrons. The van der Waals surface area contributed by atoms with Gasteiger partial charge in [0.2, 0.25) is 0 Å². The van der Waals surface area contributed by atoms with Gasteiger partial charge in [-0.05, 0) is 12.1 Å². The standard InChI is InChI=1S/C11H14F4N2O2/c1-17-7-3-4-8(17)5-6-16-9(18)10(12,19-2)11(13,14)15/h3-4,7H,5-6H2,1-2H3,(H,16,18). The van der Waals surface area contributed by atoms with Crippen LogP contribution in [-0.4, -0.2) is 36.2 Å². The summed E-state index contributed by atoms with van der Waals surface area (Å²) >= 11 is 0. The molecule has 1 unspecified atom stereocenters. The van der Waals surface area contributed by atoms with E-state index >= 15 is 0 Å². The summed E-state index contributed by atoms with van der Waals surface area (Å²) in [6.07, 6.45) is -3.38. The van der Waals surface area contributed by atoms with Crippen molar-refractivity contribution in [2.24, 2.45) is 7.05 Å². The van der Waals surface area contributed by atoms with Crippen LogP contribution in [0.4, 0.5) is 17.6 Å². The summed E-state index contributed by atoms with van der Waals surface area (Å²) in [5.74, 6) is -6.17. The van der Waals surface area contributed by atoms with E-state index in [2.05, 4.69) is 4.74 Å². The van der Waals surface area contributed by atoms with Crippen LogP contribution in [0.25, 0.3) is 0 Å². The minimum atomic E-state index is -5.42. The summed E-state index contributed by atoms with van der Waals surface area (Å²) < 4.78 is 55.9. The molecular weight excluding hydrogens is 268 g/mol. The number of carbonyl (C=O) groups excluding carboxylic acids is 1. The van der Waals surface area contributed by atoms with Crippen molar-refractivity contribution in [3.05, 3.63) is 24.0 Å². The van der Waals surface area contributed by atoms with E-state index in [-0.39, 0.29) is 13.0 Å². The molecule has 0 fully saturated rings. The Kier molecular flexibility index (Phi) is 4.56. The molecule has 4 nitrogen and oxygen atoms in total. The topological polar surface area (TPSA) is 43.3 Å². The first kappa shape index (κ1) is 15.5. The lowest BCUT2D eigenvalue weighted by atomic mass is 10.2. The van der Waals surface area contributed by atoms with Crippen LogP contribution >= 0.6 is 0 Å². The van der Waals surface area contributed by atoms with Crippen LogP contribution in [0.5, 0.6) is 0 Å². The number of methoxy groups -OCH3 is 1. The van der Waals surface area contributed by atoms with E-state index < -0.39 is 17.9 Å². The summed E-state index contributed by atoms with van der Waals surface area (Å²) in [7, 11) is 2.24. The fourth-order valence-electron chi connectivity index (χ4n) is 1.51. The number of alkyl halides is 4. The van der Waals surface area contributed by atoms with Crippen LogP contribution in [0.2, 0.25) is 0 Å². The number of ether oxygens (including phenoxy) is 1.